The zero-order valence-corrected chi connectivity index (χ0v) is 11.8. The highest BCUT2D eigenvalue weighted by atomic mass is 32.2. The van der Waals surface area contributed by atoms with Gasteiger partial charge in [0.05, 0.1) is 12.8 Å². The predicted octanol–water partition coefficient (Wildman–Crippen LogP) is 1.65. The summed E-state index contributed by atoms with van der Waals surface area (Å²) in [7, 11) is 3.85. The molecule has 1 rings (SSSR count). The van der Waals surface area contributed by atoms with Gasteiger partial charge in [0.15, 0.2) is 0 Å². The third kappa shape index (κ3) is 4.33. The van der Waals surface area contributed by atoms with Crippen LogP contribution >= 0.6 is 11.8 Å². The van der Waals surface area contributed by atoms with Gasteiger partial charge in [0.1, 0.15) is 0 Å². The normalized spacial score (nSPS) is 14.8. The minimum Gasteiger partial charge on any atom is -0.394 e. The topological polar surface area (TPSA) is 50.1 Å². The maximum absolute atomic E-state index is 9.41. The van der Waals surface area contributed by atoms with Crippen molar-refractivity contribution < 1.29 is 5.11 Å². The molecular formula is C12H23N3OS. The number of nitrogens with one attached hydrogen (secondary N) is 1. The smallest absolute Gasteiger partial charge is 0.0625 e. The van der Waals surface area contributed by atoms with Gasteiger partial charge in [-0.25, -0.2) is 0 Å². The second kappa shape index (κ2) is 7.03. The summed E-state index contributed by atoms with van der Waals surface area (Å²) in [6.07, 6.45) is 6.97. The van der Waals surface area contributed by atoms with Gasteiger partial charge in [-0.3, -0.25) is 4.68 Å². The monoisotopic (exact) mass is 257 g/mol. The predicted molar refractivity (Wildman–Crippen MR) is 72.3 cm³/mol. The van der Waals surface area contributed by atoms with Crippen LogP contribution in [0.1, 0.15) is 26.2 Å². The first-order chi connectivity index (χ1) is 8.15. The Morgan fingerprint density at radius 1 is 1.59 bits per heavy atom. The molecule has 1 unspecified atom stereocenters. The molecule has 0 aliphatic carbocycles. The van der Waals surface area contributed by atoms with E-state index in [1.165, 1.54) is 4.90 Å². The van der Waals surface area contributed by atoms with E-state index in [4.69, 9.17) is 0 Å². The molecule has 0 bridgehead atoms. The molecular weight excluding hydrogens is 234 g/mol. The van der Waals surface area contributed by atoms with Gasteiger partial charge in [-0.15, -0.1) is 11.8 Å². The molecule has 17 heavy (non-hydrogen) atoms. The zero-order valence-electron chi connectivity index (χ0n) is 10.9. The highest BCUT2D eigenvalue weighted by molar-refractivity contribution is 7.99. The van der Waals surface area contributed by atoms with Gasteiger partial charge in [0, 0.05) is 23.7 Å². The van der Waals surface area contributed by atoms with Crippen LogP contribution in [0, 0.1) is 0 Å². The van der Waals surface area contributed by atoms with Crippen LogP contribution < -0.4 is 5.32 Å². The number of aromatic nitrogens is 2. The molecule has 2 N–H and O–H groups in total. The first-order valence-electron chi connectivity index (χ1n) is 6.07. The summed E-state index contributed by atoms with van der Waals surface area (Å²) in [5.41, 5.74) is -0.102. The molecule has 0 aromatic carbocycles. The summed E-state index contributed by atoms with van der Waals surface area (Å²) in [6, 6.07) is 0. The Morgan fingerprint density at radius 3 is 2.82 bits per heavy atom. The summed E-state index contributed by atoms with van der Waals surface area (Å²) in [5, 5.41) is 16.8. The van der Waals surface area contributed by atoms with Crippen LogP contribution in [0.4, 0.5) is 0 Å². The van der Waals surface area contributed by atoms with Gasteiger partial charge >= 0.3 is 0 Å². The van der Waals surface area contributed by atoms with E-state index >= 15 is 0 Å². The van der Waals surface area contributed by atoms with E-state index < -0.39 is 0 Å². The van der Waals surface area contributed by atoms with Crippen LogP contribution in [0.25, 0.3) is 0 Å². The molecule has 1 aromatic rings. The summed E-state index contributed by atoms with van der Waals surface area (Å²) < 4.78 is 1.82. The van der Waals surface area contributed by atoms with E-state index in [0.717, 1.165) is 25.0 Å². The van der Waals surface area contributed by atoms with Gasteiger partial charge in [0.25, 0.3) is 0 Å². The number of thioether (sulfide) groups is 1. The summed E-state index contributed by atoms with van der Waals surface area (Å²) in [4.78, 5) is 1.21. The van der Waals surface area contributed by atoms with E-state index in [0.29, 0.717) is 0 Å². The molecule has 0 fully saturated rings. The van der Waals surface area contributed by atoms with Crippen molar-refractivity contribution in [1.29, 1.82) is 0 Å². The molecule has 1 heterocycles. The van der Waals surface area contributed by atoms with Gasteiger partial charge in [-0.1, -0.05) is 6.92 Å². The maximum Gasteiger partial charge on any atom is 0.0625 e. The molecule has 0 aliphatic rings. The van der Waals surface area contributed by atoms with Crippen LogP contribution in [0.5, 0.6) is 0 Å². The first-order valence-corrected chi connectivity index (χ1v) is 7.05. The van der Waals surface area contributed by atoms with Crippen molar-refractivity contribution in [3.63, 3.8) is 0 Å². The minimum absolute atomic E-state index is 0.102. The number of nitrogens with zero attached hydrogens (tertiary/aromatic N) is 2. The third-order valence-electron chi connectivity index (χ3n) is 3.26. The van der Waals surface area contributed by atoms with Crippen molar-refractivity contribution in [3.8, 4) is 0 Å². The van der Waals surface area contributed by atoms with Crippen LogP contribution in [-0.4, -0.2) is 39.8 Å². The molecule has 0 saturated heterocycles. The molecule has 0 saturated carbocycles. The first kappa shape index (κ1) is 14.5. The summed E-state index contributed by atoms with van der Waals surface area (Å²) in [6.45, 7) is 2.32. The van der Waals surface area contributed by atoms with E-state index in [1.54, 1.807) is 0 Å². The Kier molecular flexibility index (Phi) is 6.02. The molecule has 1 aromatic heterocycles. The molecule has 0 spiro atoms. The fraction of sp³-hybridized carbons (Fsp3) is 0.750. The quantitative estimate of drug-likeness (QED) is 0.549. The standard InChI is InChI=1S/C12H23N3OS/c1-4-12(10-16,13-2)6-5-7-17-11-8-14-15(3)9-11/h8-9,13,16H,4-7,10H2,1-3H3. The van der Waals surface area contributed by atoms with Gasteiger partial charge in [-0.2, -0.15) is 5.10 Å². The van der Waals surface area contributed by atoms with Crippen molar-refractivity contribution in [2.75, 3.05) is 19.4 Å². The molecule has 5 heteroatoms. The number of aliphatic hydroxyl groups is 1. The molecule has 98 valence electrons. The van der Waals surface area contributed by atoms with Gasteiger partial charge in [-0.05, 0) is 32.1 Å². The van der Waals surface area contributed by atoms with E-state index in [-0.39, 0.29) is 12.1 Å². The fourth-order valence-corrected chi connectivity index (χ4v) is 2.70. The molecule has 0 amide bonds. The second-order valence-corrected chi connectivity index (χ2v) is 5.51. The second-order valence-electron chi connectivity index (χ2n) is 4.34. The third-order valence-corrected chi connectivity index (χ3v) is 4.30. The largest absolute Gasteiger partial charge is 0.394 e. The number of aliphatic hydroxyl groups excluding tert-OH is 1. The zero-order chi connectivity index (χ0) is 12.7. The van der Waals surface area contributed by atoms with Crippen LogP contribution in [0.2, 0.25) is 0 Å². The molecule has 0 aliphatic heterocycles. The lowest BCUT2D eigenvalue weighted by Gasteiger charge is -2.30. The Balaban J connectivity index is 2.27. The lowest BCUT2D eigenvalue weighted by atomic mass is 9.92. The average Bonchev–Trinajstić information content (AvgIpc) is 2.76. The van der Waals surface area contributed by atoms with Crippen molar-refractivity contribution >= 4 is 11.8 Å². The fourth-order valence-electron chi connectivity index (χ4n) is 1.82. The van der Waals surface area contributed by atoms with E-state index in [9.17, 15) is 5.11 Å². The maximum atomic E-state index is 9.41. The summed E-state index contributed by atoms with van der Waals surface area (Å²) in [5.74, 6) is 1.06. The van der Waals surface area contributed by atoms with E-state index in [2.05, 4.69) is 17.3 Å². The van der Waals surface area contributed by atoms with Crippen molar-refractivity contribution in [1.82, 2.24) is 15.1 Å². The van der Waals surface area contributed by atoms with Crippen molar-refractivity contribution in [3.05, 3.63) is 12.4 Å². The Hall–Kier alpha value is -0.520. The molecule has 0 radical (unpaired) electrons. The number of likely N-dealkylation sites (N-methyl/N-ethyl adjacent to an activating group) is 1. The minimum atomic E-state index is -0.102. The molecule has 4 nitrogen and oxygen atoms in total. The lowest BCUT2D eigenvalue weighted by Crippen LogP contribution is -2.45. The van der Waals surface area contributed by atoms with Crippen molar-refractivity contribution in [2.45, 2.75) is 36.6 Å². The SMILES string of the molecule is CCC(CO)(CCCSc1cnn(C)c1)NC. The Bertz CT molecular complexity index is 315. The highest BCUT2D eigenvalue weighted by Crippen LogP contribution is 2.22. The Labute approximate surface area is 108 Å². The number of hydrogen-bond donors (Lipinski definition) is 2. The van der Waals surface area contributed by atoms with Crippen LogP contribution in [0.15, 0.2) is 17.3 Å². The Morgan fingerprint density at radius 2 is 2.35 bits per heavy atom. The average molecular weight is 257 g/mol. The lowest BCUT2D eigenvalue weighted by molar-refractivity contribution is 0.154. The summed E-state index contributed by atoms with van der Waals surface area (Å²) >= 11 is 1.82. The van der Waals surface area contributed by atoms with Crippen LogP contribution in [-0.2, 0) is 7.05 Å². The molecule has 1 atom stereocenters. The number of hydrogen-bond acceptors (Lipinski definition) is 4. The van der Waals surface area contributed by atoms with Gasteiger partial charge in [0.2, 0.25) is 0 Å². The number of aryl methyl sites for hydroxylation is 1. The van der Waals surface area contributed by atoms with Gasteiger partial charge < -0.3 is 10.4 Å². The van der Waals surface area contributed by atoms with Crippen molar-refractivity contribution in [2.24, 2.45) is 7.05 Å². The number of rotatable bonds is 8. The highest BCUT2D eigenvalue weighted by Gasteiger charge is 2.23. The van der Waals surface area contributed by atoms with E-state index in [1.807, 2.05) is 42.9 Å². The van der Waals surface area contributed by atoms with Crippen LogP contribution in [0.3, 0.4) is 0 Å².